The highest BCUT2D eigenvalue weighted by Gasteiger charge is 2.35. The van der Waals surface area contributed by atoms with Crippen LogP contribution < -0.4 is 15.5 Å². The maximum atomic E-state index is 14.2. The van der Waals surface area contributed by atoms with Crippen LogP contribution in [-0.4, -0.2) is 45.3 Å². The molecule has 0 amide bonds. The van der Waals surface area contributed by atoms with E-state index in [2.05, 4.69) is 35.7 Å². The average molecular weight is 339 g/mol. The molecule has 6 rings (SSSR count). The summed E-state index contributed by atoms with van der Waals surface area (Å²) in [7, 11) is 0. The van der Waals surface area contributed by atoms with Gasteiger partial charge in [0, 0.05) is 36.2 Å². The molecule has 0 radical (unpaired) electrons. The fourth-order valence-electron chi connectivity index (χ4n) is 3.69. The smallest absolute Gasteiger partial charge is 0.227 e. The second kappa shape index (κ2) is 5.66. The van der Waals surface area contributed by atoms with Gasteiger partial charge in [-0.05, 0) is 31.0 Å². The van der Waals surface area contributed by atoms with E-state index in [1.54, 1.807) is 6.20 Å². The third kappa shape index (κ3) is 2.58. The number of hydrogen-bond acceptors (Lipinski definition) is 6. The van der Waals surface area contributed by atoms with E-state index in [0.717, 1.165) is 36.1 Å². The molecular formula is C17H18FN7. The number of hydrogen-bond donors (Lipinski definition) is 3. The van der Waals surface area contributed by atoms with E-state index >= 15 is 0 Å². The number of halogens is 1. The van der Waals surface area contributed by atoms with Gasteiger partial charge in [-0.15, -0.1) is 0 Å². The lowest BCUT2D eigenvalue weighted by atomic mass is 9.93. The predicted molar refractivity (Wildman–Crippen MR) is 93.5 cm³/mol. The first-order valence-electron chi connectivity index (χ1n) is 8.49. The molecule has 8 heteroatoms. The summed E-state index contributed by atoms with van der Waals surface area (Å²) in [6.07, 6.45) is 5.28. The molecule has 25 heavy (non-hydrogen) atoms. The minimum absolute atomic E-state index is 0.197. The van der Waals surface area contributed by atoms with E-state index < -0.39 is 5.82 Å². The summed E-state index contributed by atoms with van der Waals surface area (Å²) in [5.74, 6) is 0.322. The Balaban J connectivity index is 1.44. The van der Waals surface area contributed by atoms with Gasteiger partial charge in [-0.2, -0.15) is 10.1 Å². The van der Waals surface area contributed by atoms with Crippen LogP contribution in [0.1, 0.15) is 12.8 Å². The van der Waals surface area contributed by atoms with Crippen molar-refractivity contribution in [3.05, 3.63) is 36.4 Å². The van der Waals surface area contributed by atoms with E-state index in [0.29, 0.717) is 18.0 Å². The highest BCUT2D eigenvalue weighted by molar-refractivity contribution is 5.82. The van der Waals surface area contributed by atoms with Crippen LogP contribution in [0.15, 0.2) is 30.6 Å². The molecule has 0 spiro atoms. The van der Waals surface area contributed by atoms with Crippen molar-refractivity contribution >= 4 is 28.4 Å². The minimum Gasteiger partial charge on any atom is -0.338 e. The number of rotatable bonds is 3. The van der Waals surface area contributed by atoms with Crippen molar-refractivity contribution in [2.24, 2.45) is 0 Å². The highest BCUT2D eigenvalue weighted by atomic mass is 19.1. The van der Waals surface area contributed by atoms with Crippen LogP contribution in [-0.2, 0) is 0 Å². The van der Waals surface area contributed by atoms with Crippen molar-refractivity contribution in [3.8, 4) is 0 Å². The minimum atomic E-state index is -0.462. The van der Waals surface area contributed by atoms with Gasteiger partial charge in [-0.1, -0.05) is 0 Å². The van der Waals surface area contributed by atoms with Gasteiger partial charge < -0.3 is 15.5 Å². The first-order chi connectivity index (χ1) is 12.3. The van der Waals surface area contributed by atoms with E-state index in [9.17, 15) is 4.39 Å². The molecule has 3 aromatic rings. The number of aromatic nitrogens is 4. The number of nitrogens with zero attached hydrogens (tertiary/aromatic N) is 4. The summed E-state index contributed by atoms with van der Waals surface area (Å²) < 4.78 is 14.2. The topological polar surface area (TPSA) is 81.8 Å². The molecule has 2 aromatic heterocycles. The molecule has 3 N–H and O–H groups in total. The van der Waals surface area contributed by atoms with Gasteiger partial charge in [-0.25, -0.2) is 9.37 Å². The molecule has 0 saturated carbocycles. The molecule has 2 atom stereocenters. The van der Waals surface area contributed by atoms with Crippen LogP contribution in [0, 0.1) is 5.82 Å². The van der Waals surface area contributed by atoms with Gasteiger partial charge in [0.05, 0.1) is 17.9 Å². The van der Waals surface area contributed by atoms with Gasteiger partial charge in [0.15, 0.2) is 11.6 Å². The van der Waals surface area contributed by atoms with E-state index in [-0.39, 0.29) is 5.82 Å². The quantitative estimate of drug-likeness (QED) is 0.678. The lowest BCUT2D eigenvalue weighted by Crippen LogP contribution is -2.61. The Morgan fingerprint density at radius 1 is 1.24 bits per heavy atom. The summed E-state index contributed by atoms with van der Waals surface area (Å²) in [6, 6.07) is 6.53. The second-order valence-corrected chi connectivity index (χ2v) is 6.65. The largest absolute Gasteiger partial charge is 0.338 e. The van der Waals surface area contributed by atoms with Crippen LogP contribution >= 0.6 is 0 Å². The molecule has 3 aliphatic rings. The van der Waals surface area contributed by atoms with Gasteiger partial charge in [0.1, 0.15) is 0 Å². The highest BCUT2D eigenvalue weighted by Crippen LogP contribution is 2.28. The summed E-state index contributed by atoms with van der Waals surface area (Å²) in [4.78, 5) is 10.9. The van der Waals surface area contributed by atoms with Crippen molar-refractivity contribution in [3.63, 3.8) is 0 Å². The van der Waals surface area contributed by atoms with Crippen molar-refractivity contribution in [2.45, 2.75) is 24.9 Å². The number of benzene rings is 1. The Labute approximate surface area is 143 Å². The summed E-state index contributed by atoms with van der Waals surface area (Å²) >= 11 is 0. The van der Waals surface area contributed by atoms with Crippen LogP contribution in [0.4, 0.5) is 21.8 Å². The molecule has 2 unspecified atom stereocenters. The first-order valence-corrected chi connectivity index (χ1v) is 8.49. The van der Waals surface area contributed by atoms with Crippen LogP contribution in [0.3, 0.4) is 0 Å². The number of piperidine rings is 2. The third-order valence-electron chi connectivity index (χ3n) is 5.04. The standard InChI is InChI=1S/C17H18FN7/c18-14-8-20-17(25-9-12-1-3-13(25)7-19-12)23-16(14)22-11-2-4-15-10(5-11)6-21-24-15/h2,4-6,8,12-13,19H,1,3,7,9H2,(H,21,24)(H,20,22,23). The molecule has 3 aliphatic heterocycles. The maximum absolute atomic E-state index is 14.2. The van der Waals surface area contributed by atoms with E-state index in [4.69, 9.17) is 0 Å². The Morgan fingerprint density at radius 3 is 3.00 bits per heavy atom. The lowest BCUT2D eigenvalue weighted by Gasteiger charge is -2.45. The summed E-state index contributed by atoms with van der Waals surface area (Å²) in [5.41, 5.74) is 1.70. The first kappa shape index (κ1) is 14.6. The van der Waals surface area contributed by atoms with Crippen molar-refractivity contribution < 1.29 is 4.39 Å². The Bertz CT molecular complexity index is 916. The Kier molecular flexibility index (Phi) is 3.30. The van der Waals surface area contributed by atoms with Gasteiger partial charge >= 0.3 is 0 Å². The fourth-order valence-corrected chi connectivity index (χ4v) is 3.69. The van der Waals surface area contributed by atoms with Crippen molar-refractivity contribution in [1.29, 1.82) is 0 Å². The molecule has 128 valence electrons. The monoisotopic (exact) mass is 339 g/mol. The zero-order valence-corrected chi connectivity index (χ0v) is 13.5. The lowest BCUT2D eigenvalue weighted by molar-refractivity contribution is 0.287. The zero-order chi connectivity index (χ0) is 16.8. The fraction of sp³-hybridized carbons (Fsp3) is 0.353. The number of H-pyrrole nitrogens is 1. The SMILES string of the molecule is Fc1cnc(N2CC3CCC2CN3)nc1Nc1ccc2[nH]ncc2c1. The van der Waals surface area contributed by atoms with E-state index in [1.165, 1.54) is 12.6 Å². The van der Waals surface area contributed by atoms with Gasteiger partial charge in [0.2, 0.25) is 5.95 Å². The molecule has 1 aromatic carbocycles. The summed E-state index contributed by atoms with van der Waals surface area (Å²) in [5, 5.41) is 14.4. The summed E-state index contributed by atoms with van der Waals surface area (Å²) in [6.45, 7) is 1.81. The Morgan fingerprint density at radius 2 is 2.20 bits per heavy atom. The molecule has 0 aliphatic carbocycles. The number of anilines is 3. The molecule has 5 heterocycles. The van der Waals surface area contributed by atoms with Crippen LogP contribution in [0.25, 0.3) is 10.9 Å². The van der Waals surface area contributed by atoms with Gasteiger partial charge in [-0.3, -0.25) is 5.10 Å². The van der Waals surface area contributed by atoms with Crippen molar-refractivity contribution in [1.82, 2.24) is 25.5 Å². The van der Waals surface area contributed by atoms with Gasteiger partial charge in [0.25, 0.3) is 0 Å². The van der Waals surface area contributed by atoms with E-state index in [1.807, 2.05) is 18.2 Å². The predicted octanol–water partition coefficient (Wildman–Crippen LogP) is 2.18. The Hall–Kier alpha value is -2.74. The normalized spacial score (nSPS) is 22.5. The number of fused-ring (bicyclic) bond motifs is 4. The molecular weight excluding hydrogens is 321 g/mol. The van der Waals surface area contributed by atoms with Crippen LogP contribution in [0.5, 0.6) is 0 Å². The second-order valence-electron chi connectivity index (χ2n) is 6.65. The average Bonchev–Trinajstić information content (AvgIpc) is 3.12. The molecule has 2 bridgehead atoms. The number of nitrogens with one attached hydrogen (secondary N) is 3. The molecule has 7 nitrogen and oxygen atoms in total. The molecule has 3 fully saturated rings. The number of aromatic amines is 1. The zero-order valence-electron chi connectivity index (χ0n) is 13.5. The van der Waals surface area contributed by atoms with Crippen LogP contribution in [0.2, 0.25) is 0 Å². The molecule has 3 saturated heterocycles. The number of piperazine rings is 1. The van der Waals surface area contributed by atoms with Crippen molar-refractivity contribution in [2.75, 3.05) is 23.3 Å². The third-order valence-corrected chi connectivity index (χ3v) is 5.04. The maximum Gasteiger partial charge on any atom is 0.227 e.